The summed E-state index contributed by atoms with van der Waals surface area (Å²) in [6.07, 6.45) is 3.43. The minimum Gasteiger partial charge on any atom is -0.314 e. The standard InChI is InChI=1S/C18H17NO/c20-18-12-11-17(16-9-5-2-6-10-16)14-19(18)13-15-7-3-1-4-8-15/h1-10,14H,11-13H2. The van der Waals surface area contributed by atoms with Crippen LogP contribution >= 0.6 is 0 Å². The number of hydrogen-bond donors (Lipinski definition) is 0. The molecule has 0 bridgehead atoms. The number of carbonyl (C=O) groups excluding carboxylic acids is 1. The van der Waals surface area contributed by atoms with Crippen LogP contribution in [-0.2, 0) is 11.3 Å². The lowest BCUT2D eigenvalue weighted by Gasteiger charge is -2.25. The SMILES string of the molecule is O=C1CCC(c2ccccc2)=CN1Cc1ccccc1. The van der Waals surface area contributed by atoms with Crippen LogP contribution in [0.4, 0.5) is 0 Å². The number of hydrogen-bond acceptors (Lipinski definition) is 1. The van der Waals surface area contributed by atoms with Crippen LogP contribution in [-0.4, -0.2) is 10.8 Å². The molecule has 1 heterocycles. The number of nitrogens with zero attached hydrogens (tertiary/aromatic N) is 1. The van der Waals surface area contributed by atoms with Gasteiger partial charge in [-0.2, -0.15) is 0 Å². The Bertz CT molecular complexity index is 616. The number of carbonyl (C=O) groups is 1. The Balaban J connectivity index is 1.84. The van der Waals surface area contributed by atoms with E-state index in [4.69, 9.17) is 0 Å². The summed E-state index contributed by atoms with van der Waals surface area (Å²) >= 11 is 0. The fraction of sp³-hybridized carbons (Fsp3) is 0.167. The molecule has 0 saturated carbocycles. The van der Waals surface area contributed by atoms with Crippen LogP contribution in [0.2, 0.25) is 0 Å². The van der Waals surface area contributed by atoms with E-state index in [9.17, 15) is 4.79 Å². The van der Waals surface area contributed by atoms with E-state index in [2.05, 4.69) is 24.3 Å². The molecule has 100 valence electrons. The normalized spacial score (nSPS) is 15.1. The first-order chi connectivity index (χ1) is 9.83. The van der Waals surface area contributed by atoms with Crippen molar-refractivity contribution in [2.24, 2.45) is 0 Å². The van der Waals surface area contributed by atoms with Crippen molar-refractivity contribution in [3.63, 3.8) is 0 Å². The van der Waals surface area contributed by atoms with E-state index in [1.807, 2.05) is 47.5 Å². The summed E-state index contributed by atoms with van der Waals surface area (Å²) in [4.78, 5) is 13.9. The molecule has 2 heteroatoms. The summed E-state index contributed by atoms with van der Waals surface area (Å²) in [5, 5.41) is 0. The molecule has 1 amide bonds. The highest BCUT2D eigenvalue weighted by molar-refractivity contribution is 5.84. The third kappa shape index (κ3) is 2.80. The highest BCUT2D eigenvalue weighted by atomic mass is 16.2. The number of rotatable bonds is 3. The first-order valence-electron chi connectivity index (χ1n) is 6.92. The van der Waals surface area contributed by atoms with Crippen LogP contribution in [0.3, 0.4) is 0 Å². The van der Waals surface area contributed by atoms with Gasteiger partial charge in [0.1, 0.15) is 0 Å². The van der Waals surface area contributed by atoms with Crippen molar-refractivity contribution in [1.29, 1.82) is 0 Å². The zero-order chi connectivity index (χ0) is 13.8. The first-order valence-corrected chi connectivity index (χ1v) is 6.92. The zero-order valence-electron chi connectivity index (χ0n) is 11.3. The van der Waals surface area contributed by atoms with Crippen LogP contribution in [0.25, 0.3) is 5.57 Å². The monoisotopic (exact) mass is 263 g/mol. The smallest absolute Gasteiger partial charge is 0.227 e. The largest absolute Gasteiger partial charge is 0.314 e. The first kappa shape index (κ1) is 12.7. The van der Waals surface area contributed by atoms with Gasteiger partial charge in [0.25, 0.3) is 0 Å². The van der Waals surface area contributed by atoms with Crippen LogP contribution < -0.4 is 0 Å². The van der Waals surface area contributed by atoms with Crippen molar-refractivity contribution >= 4 is 11.5 Å². The molecule has 0 saturated heterocycles. The molecular formula is C18H17NO. The fourth-order valence-corrected chi connectivity index (χ4v) is 2.49. The molecule has 1 aliphatic rings. The van der Waals surface area contributed by atoms with Gasteiger partial charge < -0.3 is 4.90 Å². The van der Waals surface area contributed by atoms with E-state index in [-0.39, 0.29) is 5.91 Å². The lowest BCUT2D eigenvalue weighted by Crippen LogP contribution is -2.28. The molecule has 2 aromatic carbocycles. The van der Waals surface area contributed by atoms with Gasteiger partial charge in [-0.15, -0.1) is 0 Å². The maximum atomic E-state index is 12.1. The molecule has 20 heavy (non-hydrogen) atoms. The Kier molecular flexibility index (Phi) is 3.64. The van der Waals surface area contributed by atoms with E-state index < -0.39 is 0 Å². The van der Waals surface area contributed by atoms with Crippen molar-refractivity contribution in [2.75, 3.05) is 0 Å². The molecule has 0 radical (unpaired) electrons. The van der Waals surface area contributed by atoms with E-state index in [0.717, 1.165) is 12.0 Å². The molecule has 0 fully saturated rings. The Hall–Kier alpha value is -2.35. The number of allylic oxidation sites excluding steroid dienone is 1. The van der Waals surface area contributed by atoms with Crippen molar-refractivity contribution in [1.82, 2.24) is 4.90 Å². The Labute approximate surface area is 119 Å². The second kappa shape index (κ2) is 5.74. The second-order valence-corrected chi connectivity index (χ2v) is 5.03. The highest BCUT2D eigenvalue weighted by Gasteiger charge is 2.19. The topological polar surface area (TPSA) is 20.3 Å². The molecule has 0 N–H and O–H groups in total. The maximum absolute atomic E-state index is 12.1. The quantitative estimate of drug-likeness (QED) is 0.823. The second-order valence-electron chi connectivity index (χ2n) is 5.03. The van der Waals surface area contributed by atoms with Gasteiger partial charge in [0.2, 0.25) is 5.91 Å². The molecule has 0 aromatic heterocycles. The lowest BCUT2D eigenvalue weighted by atomic mass is 9.98. The summed E-state index contributed by atoms with van der Waals surface area (Å²) in [5.74, 6) is 0.202. The van der Waals surface area contributed by atoms with Crippen LogP contribution in [0, 0.1) is 0 Å². The van der Waals surface area contributed by atoms with Gasteiger partial charge in [0, 0.05) is 12.6 Å². The highest BCUT2D eigenvalue weighted by Crippen LogP contribution is 2.26. The van der Waals surface area contributed by atoms with Gasteiger partial charge in [-0.05, 0) is 23.1 Å². The van der Waals surface area contributed by atoms with E-state index in [1.165, 1.54) is 11.1 Å². The van der Waals surface area contributed by atoms with E-state index in [0.29, 0.717) is 13.0 Å². The Morgan fingerprint density at radius 2 is 1.50 bits per heavy atom. The Morgan fingerprint density at radius 3 is 2.20 bits per heavy atom. The van der Waals surface area contributed by atoms with Crippen LogP contribution in [0.5, 0.6) is 0 Å². The number of amides is 1. The molecule has 0 atom stereocenters. The summed E-state index contributed by atoms with van der Waals surface area (Å²) in [6, 6.07) is 20.4. The minimum absolute atomic E-state index is 0.202. The molecule has 0 aliphatic carbocycles. The molecule has 2 aromatic rings. The van der Waals surface area contributed by atoms with Crippen LogP contribution in [0.1, 0.15) is 24.0 Å². The summed E-state index contributed by atoms with van der Waals surface area (Å²) in [6.45, 7) is 0.649. The van der Waals surface area contributed by atoms with E-state index in [1.54, 1.807) is 0 Å². The van der Waals surface area contributed by atoms with Gasteiger partial charge in [-0.25, -0.2) is 0 Å². The average Bonchev–Trinajstić information content (AvgIpc) is 2.51. The van der Waals surface area contributed by atoms with Crippen molar-refractivity contribution in [3.05, 3.63) is 78.0 Å². The van der Waals surface area contributed by atoms with Gasteiger partial charge in [0.15, 0.2) is 0 Å². The fourth-order valence-electron chi connectivity index (χ4n) is 2.49. The van der Waals surface area contributed by atoms with Gasteiger partial charge in [-0.3, -0.25) is 4.79 Å². The molecule has 3 rings (SSSR count). The zero-order valence-corrected chi connectivity index (χ0v) is 11.3. The van der Waals surface area contributed by atoms with Crippen molar-refractivity contribution in [2.45, 2.75) is 19.4 Å². The van der Waals surface area contributed by atoms with Gasteiger partial charge in [0.05, 0.1) is 6.54 Å². The van der Waals surface area contributed by atoms with Crippen molar-refractivity contribution < 1.29 is 4.79 Å². The van der Waals surface area contributed by atoms with Gasteiger partial charge in [-0.1, -0.05) is 60.7 Å². The van der Waals surface area contributed by atoms with E-state index >= 15 is 0 Å². The summed E-state index contributed by atoms with van der Waals surface area (Å²) in [5.41, 5.74) is 3.60. The predicted octanol–water partition coefficient (Wildman–Crippen LogP) is 3.85. The van der Waals surface area contributed by atoms with Gasteiger partial charge >= 0.3 is 0 Å². The molecule has 2 nitrogen and oxygen atoms in total. The average molecular weight is 263 g/mol. The molecular weight excluding hydrogens is 246 g/mol. The molecule has 0 unspecified atom stereocenters. The molecule has 1 aliphatic heterocycles. The summed E-state index contributed by atoms with van der Waals surface area (Å²) < 4.78 is 0. The Morgan fingerprint density at radius 1 is 0.850 bits per heavy atom. The third-order valence-electron chi connectivity index (χ3n) is 3.58. The van der Waals surface area contributed by atoms with Crippen LogP contribution in [0.15, 0.2) is 66.9 Å². The lowest BCUT2D eigenvalue weighted by molar-refractivity contribution is -0.129. The minimum atomic E-state index is 0.202. The molecule has 0 spiro atoms. The summed E-state index contributed by atoms with van der Waals surface area (Å²) in [7, 11) is 0. The maximum Gasteiger partial charge on any atom is 0.227 e. The van der Waals surface area contributed by atoms with Crippen molar-refractivity contribution in [3.8, 4) is 0 Å². The predicted molar refractivity (Wildman–Crippen MR) is 80.6 cm³/mol. The number of benzene rings is 2. The third-order valence-corrected chi connectivity index (χ3v) is 3.58.